The second-order valence-electron chi connectivity index (χ2n) is 6.06. The van der Waals surface area contributed by atoms with Crippen LogP contribution in [-0.2, 0) is 4.74 Å². The number of hydrogen-bond donors (Lipinski definition) is 3. The van der Waals surface area contributed by atoms with Crippen molar-refractivity contribution in [2.75, 3.05) is 26.4 Å². The van der Waals surface area contributed by atoms with Gasteiger partial charge in [-0.15, -0.1) is 0 Å². The average Bonchev–Trinajstić information content (AvgIpc) is 2.32. The van der Waals surface area contributed by atoms with Gasteiger partial charge in [-0.1, -0.05) is 20.8 Å². The molecule has 102 valence electrons. The van der Waals surface area contributed by atoms with Gasteiger partial charge in [-0.3, -0.25) is 0 Å². The average molecular weight is 245 g/mol. The lowest BCUT2D eigenvalue weighted by molar-refractivity contribution is -0.116. The first kappa shape index (κ1) is 14.9. The van der Waals surface area contributed by atoms with Crippen molar-refractivity contribution >= 4 is 0 Å². The number of rotatable bonds is 7. The summed E-state index contributed by atoms with van der Waals surface area (Å²) in [6.07, 6.45) is 1.33. The predicted molar refractivity (Wildman–Crippen MR) is 67.9 cm³/mol. The highest BCUT2D eigenvalue weighted by molar-refractivity contribution is 5.03. The third-order valence-corrected chi connectivity index (χ3v) is 4.08. The number of aliphatic hydroxyl groups excluding tert-OH is 2. The molecule has 0 aliphatic heterocycles. The van der Waals surface area contributed by atoms with Crippen molar-refractivity contribution < 1.29 is 14.9 Å². The van der Waals surface area contributed by atoms with Crippen LogP contribution < -0.4 is 5.32 Å². The van der Waals surface area contributed by atoms with E-state index in [1.807, 2.05) is 13.8 Å². The Hall–Kier alpha value is -0.160. The standard InChI is InChI=1S/C13H27NO3/c1-5-17-11-6-10(12(11,2)3)14-7-13(4,8-15)9-16/h10-11,14-16H,5-9H2,1-4H3. The number of nitrogens with one attached hydrogen (secondary N) is 1. The molecule has 0 aromatic carbocycles. The quantitative estimate of drug-likeness (QED) is 0.620. The first-order chi connectivity index (χ1) is 7.89. The lowest BCUT2D eigenvalue weighted by atomic mass is 9.64. The molecule has 3 N–H and O–H groups in total. The van der Waals surface area contributed by atoms with Crippen molar-refractivity contribution in [3.05, 3.63) is 0 Å². The van der Waals surface area contributed by atoms with Crippen LogP contribution in [0.3, 0.4) is 0 Å². The molecule has 4 nitrogen and oxygen atoms in total. The summed E-state index contributed by atoms with van der Waals surface area (Å²) in [6.45, 7) is 9.68. The van der Waals surface area contributed by atoms with Gasteiger partial charge in [0.05, 0.1) is 19.3 Å². The molecule has 0 saturated heterocycles. The van der Waals surface area contributed by atoms with Gasteiger partial charge in [0.1, 0.15) is 0 Å². The SMILES string of the molecule is CCOC1CC(NCC(C)(CO)CO)C1(C)C. The van der Waals surface area contributed by atoms with Gasteiger partial charge in [-0.2, -0.15) is 0 Å². The van der Waals surface area contributed by atoms with Crippen LogP contribution in [0.5, 0.6) is 0 Å². The van der Waals surface area contributed by atoms with E-state index in [-0.39, 0.29) is 18.6 Å². The van der Waals surface area contributed by atoms with Gasteiger partial charge in [0.15, 0.2) is 0 Å². The van der Waals surface area contributed by atoms with E-state index in [0.29, 0.717) is 18.7 Å². The minimum Gasteiger partial charge on any atom is -0.396 e. The highest BCUT2D eigenvalue weighted by Crippen LogP contribution is 2.42. The highest BCUT2D eigenvalue weighted by Gasteiger charge is 2.48. The molecule has 1 rings (SSSR count). The van der Waals surface area contributed by atoms with Crippen LogP contribution in [-0.4, -0.2) is 48.7 Å². The molecule has 1 fully saturated rings. The third kappa shape index (κ3) is 3.19. The maximum absolute atomic E-state index is 9.23. The first-order valence-corrected chi connectivity index (χ1v) is 6.46. The highest BCUT2D eigenvalue weighted by atomic mass is 16.5. The van der Waals surface area contributed by atoms with Gasteiger partial charge in [0.2, 0.25) is 0 Å². The molecule has 1 aliphatic carbocycles. The lowest BCUT2D eigenvalue weighted by Crippen LogP contribution is -2.62. The Morgan fingerprint density at radius 3 is 2.35 bits per heavy atom. The minimum absolute atomic E-state index is 0.00145. The Kier molecular flexibility index (Phi) is 4.95. The first-order valence-electron chi connectivity index (χ1n) is 6.46. The van der Waals surface area contributed by atoms with Crippen molar-refractivity contribution in [1.82, 2.24) is 5.32 Å². The van der Waals surface area contributed by atoms with E-state index >= 15 is 0 Å². The maximum atomic E-state index is 9.23. The second kappa shape index (κ2) is 5.65. The monoisotopic (exact) mass is 245 g/mol. The molecule has 1 saturated carbocycles. The molecule has 17 heavy (non-hydrogen) atoms. The van der Waals surface area contributed by atoms with Gasteiger partial charge < -0.3 is 20.3 Å². The maximum Gasteiger partial charge on any atom is 0.0655 e. The van der Waals surface area contributed by atoms with Crippen molar-refractivity contribution in [3.8, 4) is 0 Å². The van der Waals surface area contributed by atoms with E-state index in [0.717, 1.165) is 13.0 Å². The van der Waals surface area contributed by atoms with E-state index in [4.69, 9.17) is 4.74 Å². The number of ether oxygens (including phenoxy) is 1. The van der Waals surface area contributed by atoms with E-state index < -0.39 is 5.41 Å². The molecule has 0 bridgehead atoms. The van der Waals surface area contributed by atoms with Crippen molar-refractivity contribution in [3.63, 3.8) is 0 Å². The molecule has 2 atom stereocenters. The summed E-state index contributed by atoms with van der Waals surface area (Å²) in [6, 6.07) is 0.400. The topological polar surface area (TPSA) is 61.7 Å². The van der Waals surface area contributed by atoms with Gasteiger partial charge in [-0.25, -0.2) is 0 Å². The second-order valence-corrected chi connectivity index (χ2v) is 6.06. The Morgan fingerprint density at radius 2 is 1.94 bits per heavy atom. The zero-order valence-corrected chi connectivity index (χ0v) is 11.5. The third-order valence-electron chi connectivity index (χ3n) is 4.08. The van der Waals surface area contributed by atoms with Crippen molar-refractivity contribution in [1.29, 1.82) is 0 Å². The Balaban J connectivity index is 2.40. The van der Waals surface area contributed by atoms with Crippen LogP contribution >= 0.6 is 0 Å². The molecule has 0 aromatic heterocycles. The van der Waals surface area contributed by atoms with Gasteiger partial charge in [0.25, 0.3) is 0 Å². The van der Waals surface area contributed by atoms with Gasteiger partial charge >= 0.3 is 0 Å². The summed E-state index contributed by atoms with van der Waals surface area (Å²) in [5, 5.41) is 21.9. The molecular formula is C13H27NO3. The van der Waals surface area contributed by atoms with Crippen molar-refractivity contribution in [2.24, 2.45) is 10.8 Å². The predicted octanol–water partition coefficient (Wildman–Crippen LogP) is 0.770. The molecule has 0 aromatic rings. The molecular weight excluding hydrogens is 218 g/mol. The number of aliphatic hydroxyl groups is 2. The smallest absolute Gasteiger partial charge is 0.0655 e. The van der Waals surface area contributed by atoms with Crippen molar-refractivity contribution in [2.45, 2.75) is 46.3 Å². The fraction of sp³-hybridized carbons (Fsp3) is 1.00. The Labute approximate surface area is 104 Å². The fourth-order valence-corrected chi connectivity index (χ4v) is 2.25. The summed E-state index contributed by atoms with van der Waals surface area (Å²) < 4.78 is 5.67. The largest absolute Gasteiger partial charge is 0.396 e. The van der Waals surface area contributed by atoms with E-state index in [1.54, 1.807) is 0 Å². The van der Waals surface area contributed by atoms with Gasteiger partial charge in [0, 0.05) is 30.0 Å². The summed E-state index contributed by atoms with van der Waals surface area (Å²) in [7, 11) is 0. The zero-order valence-electron chi connectivity index (χ0n) is 11.5. The summed E-state index contributed by atoms with van der Waals surface area (Å²) in [4.78, 5) is 0. The Morgan fingerprint density at radius 1 is 1.35 bits per heavy atom. The van der Waals surface area contributed by atoms with Crippen LogP contribution in [0.4, 0.5) is 0 Å². The van der Waals surface area contributed by atoms with Crippen LogP contribution in [0.15, 0.2) is 0 Å². The van der Waals surface area contributed by atoms with Crippen LogP contribution in [0.25, 0.3) is 0 Å². The molecule has 1 aliphatic rings. The molecule has 0 spiro atoms. The van der Waals surface area contributed by atoms with Crippen LogP contribution in [0.1, 0.15) is 34.1 Å². The van der Waals surface area contributed by atoms with E-state index in [1.165, 1.54) is 0 Å². The fourth-order valence-electron chi connectivity index (χ4n) is 2.25. The Bertz CT molecular complexity index is 239. The zero-order chi connectivity index (χ0) is 13.1. The summed E-state index contributed by atoms with van der Waals surface area (Å²) >= 11 is 0. The lowest BCUT2D eigenvalue weighted by Gasteiger charge is -2.52. The molecule has 0 heterocycles. The van der Waals surface area contributed by atoms with E-state index in [2.05, 4.69) is 19.2 Å². The minimum atomic E-state index is -0.438. The summed E-state index contributed by atoms with van der Waals surface area (Å²) in [5.74, 6) is 0. The molecule has 0 amide bonds. The van der Waals surface area contributed by atoms with Crippen LogP contribution in [0.2, 0.25) is 0 Å². The van der Waals surface area contributed by atoms with E-state index in [9.17, 15) is 10.2 Å². The molecule has 2 unspecified atom stereocenters. The molecule has 0 radical (unpaired) electrons. The number of hydrogen-bond acceptors (Lipinski definition) is 4. The summed E-state index contributed by atoms with van der Waals surface area (Å²) in [5.41, 5.74) is -0.311. The normalized spacial score (nSPS) is 27.9. The molecule has 4 heteroatoms. The van der Waals surface area contributed by atoms with Gasteiger partial charge in [-0.05, 0) is 13.3 Å². The van der Waals surface area contributed by atoms with Crippen LogP contribution in [0, 0.1) is 10.8 Å².